The van der Waals surface area contributed by atoms with E-state index in [1.54, 1.807) is 48.5 Å². The molecule has 0 amide bonds. The Labute approximate surface area is 160 Å². The Hall–Kier alpha value is -2.15. The number of oxazole rings is 1. The minimum atomic E-state index is -3.92. The topological polar surface area (TPSA) is 77.2 Å². The largest absolute Gasteiger partial charge is 0.442 e. The van der Waals surface area contributed by atoms with Crippen LogP contribution in [0.2, 0.25) is 10.0 Å². The van der Waals surface area contributed by atoms with Gasteiger partial charge >= 0.3 is 0 Å². The van der Waals surface area contributed by atoms with E-state index in [-0.39, 0.29) is 5.89 Å². The van der Waals surface area contributed by atoms with Gasteiger partial charge in [0, 0.05) is 10.0 Å². The van der Waals surface area contributed by atoms with E-state index < -0.39 is 26.6 Å². The van der Waals surface area contributed by atoms with Gasteiger partial charge < -0.3 is 4.42 Å². The zero-order valence-electron chi connectivity index (χ0n) is 13.3. The first kappa shape index (κ1) is 18.6. The average Bonchev–Trinajstić information content (AvgIpc) is 3.13. The first-order valence-electron chi connectivity index (χ1n) is 7.52. The summed E-state index contributed by atoms with van der Waals surface area (Å²) in [6, 6.07) is 12.9. The van der Waals surface area contributed by atoms with E-state index in [4.69, 9.17) is 27.6 Å². The SMILES string of the molecule is O=C(CS(=O)(=O)C(c1ccc(Cl)cc1)c1ccc(Cl)cc1)c1ncco1. The lowest BCUT2D eigenvalue weighted by Gasteiger charge is -2.18. The van der Waals surface area contributed by atoms with Gasteiger partial charge in [0.2, 0.25) is 5.78 Å². The number of sulfone groups is 1. The molecule has 0 radical (unpaired) electrons. The van der Waals surface area contributed by atoms with Crippen LogP contribution in [-0.4, -0.2) is 24.9 Å². The molecular weight excluding hydrogens is 397 g/mol. The second-order valence-electron chi connectivity index (χ2n) is 5.55. The maximum Gasteiger partial charge on any atom is 0.264 e. The first-order chi connectivity index (χ1) is 12.4. The summed E-state index contributed by atoms with van der Waals surface area (Å²) in [5, 5.41) is -0.0790. The molecule has 0 aliphatic carbocycles. The van der Waals surface area contributed by atoms with Crippen LogP contribution in [0.4, 0.5) is 0 Å². The minimum absolute atomic E-state index is 0.237. The molecule has 0 spiro atoms. The smallest absolute Gasteiger partial charge is 0.264 e. The number of carbonyl (C=O) groups is 1. The Kier molecular flexibility index (Phi) is 5.46. The average molecular weight is 410 g/mol. The molecule has 3 aromatic rings. The number of halogens is 2. The summed E-state index contributed by atoms with van der Waals surface area (Å²) >= 11 is 11.8. The quantitative estimate of drug-likeness (QED) is 0.564. The lowest BCUT2D eigenvalue weighted by atomic mass is 10.0. The highest BCUT2D eigenvalue weighted by atomic mass is 35.5. The summed E-state index contributed by atoms with van der Waals surface area (Å²) in [6.07, 6.45) is 2.51. The number of ketones is 1. The third kappa shape index (κ3) is 4.15. The zero-order valence-corrected chi connectivity index (χ0v) is 15.6. The Balaban J connectivity index is 2.02. The fraction of sp³-hybridized carbons (Fsp3) is 0.111. The van der Waals surface area contributed by atoms with Crippen LogP contribution in [0, 0.1) is 0 Å². The maximum atomic E-state index is 13.1. The molecule has 2 aromatic carbocycles. The number of Topliss-reactive ketones (excluding diaryl/α,β-unsaturated/α-hetero) is 1. The highest BCUT2D eigenvalue weighted by Gasteiger charge is 2.32. The number of hydrogen-bond donors (Lipinski definition) is 0. The summed E-state index contributed by atoms with van der Waals surface area (Å²) < 4.78 is 31.0. The van der Waals surface area contributed by atoms with Gasteiger partial charge in [-0.25, -0.2) is 13.4 Å². The molecular formula is C18H13Cl2NO4S. The van der Waals surface area contributed by atoms with Gasteiger partial charge in [0.15, 0.2) is 9.84 Å². The molecule has 0 fully saturated rings. The van der Waals surface area contributed by atoms with Crippen LogP contribution in [0.1, 0.15) is 27.1 Å². The molecule has 0 N–H and O–H groups in total. The zero-order chi connectivity index (χ0) is 18.7. The normalized spacial score (nSPS) is 11.7. The van der Waals surface area contributed by atoms with E-state index in [0.717, 1.165) is 0 Å². The fourth-order valence-electron chi connectivity index (χ4n) is 2.57. The number of carbonyl (C=O) groups excluding carboxylic acids is 1. The molecule has 0 unspecified atom stereocenters. The Morgan fingerprint density at radius 2 is 1.46 bits per heavy atom. The summed E-state index contributed by atoms with van der Waals surface area (Å²) in [5.74, 6) is -1.67. The van der Waals surface area contributed by atoms with Gasteiger partial charge in [0.25, 0.3) is 5.89 Å². The van der Waals surface area contributed by atoms with Gasteiger partial charge in [-0.3, -0.25) is 4.79 Å². The van der Waals surface area contributed by atoms with Crippen LogP contribution in [0.25, 0.3) is 0 Å². The van der Waals surface area contributed by atoms with Crippen molar-refractivity contribution in [3.8, 4) is 0 Å². The third-order valence-electron chi connectivity index (χ3n) is 3.71. The summed E-state index contributed by atoms with van der Waals surface area (Å²) in [6.45, 7) is 0. The molecule has 0 atom stereocenters. The van der Waals surface area contributed by atoms with Crippen LogP contribution >= 0.6 is 23.2 Å². The minimum Gasteiger partial charge on any atom is -0.442 e. The lowest BCUT2D eigenvalue weighted by molar-refractivity contribution is 0.0984. The van der Waals surface area contributed by atoms with Gasteiger partial charge in [-0.1, -0.05) is 47.5 Å². The molecule has 1 heterocycles. The maximum absolute atomic E-state index is 13.1. The molecule has 0 bridgehead atoms. The van der Waals surface area contributed by atoms with Crippen molar-refractivity contribution in [2.24, 2.45) is 0 Å². The molecule has 0 aliphatic heterocycles. The van der Waals surface area contributed by atoms with Gasteiger partial charge in [-0.2, -0.15) is 0 Å². The van der Waals surface area contributed by atoms with Gasteiger partial charge in [0.1, 0.15) is 17.3 Å². The van der Waals surface area contributed by atoms with E-state index in [0.29, 0.717) is 21.2 Å². The van der Waals surface area contributed by atoms with E-state index in [2.05, 4.69) is 4.98 Å². The lowest BCUT2D eigenvalue weighted by Crippen LogP contribution is -2.23. The number of hydrogen-bond acceptors (Lipinski definition) is 5. The summed E-state index contributed by atoms with van der Waals surface area (Å²) in [5.41, 5.74) is 0.994. The molecule has 26 heavy (non-hydrogen) atoms. The molecule has 8 heteroatoms. The molecule has 0 aliphatic rings. The van der Waals surface area contributed by atoms with Crippen LogP contribution in [-0.2, 0) is 9.84 Å². The number of benzene rings is 2. The molecule has 134 valence electrons. The highest BCUT2D eigenvalue weighted by molar-refractivity contribution is 7.92. The molecule has 0 saturated carbocycles. The monoisotopic (exact) mass is 409 g/mol. The third-order valence-corrected chi connectivity index (χ3v) is 6.14. The second kappa shape index (κ2) is 7.61. The standard InChI is InChI=1S/C18H13Cl2NO4S/c19-14-5-1-12(2-6-14)17(13-3-7-15(20)8-4-13)26(23,24)11-16(22)18-21-9-10-25-18/h1-10,17H,11H2. The van der Waals surface area contributed by atoms with Crippen LogP contribution in [0.3, 0.4) is 0 Å². The fourth-order valence-corrected chi connectivity index (χ4v) is 4.62. The number of rotatable bonds is 6. The molecule has 1 aromatic heterocycles. The molecule has 0 saturated heterocycles. The predicted molar refractivity (Wildman–Crippen MR) is 99.4 cm³/mol. The molecule has 5 nitrogen and oxygen atoms in total. The van der Waals surface area contributed by atoms with E-state index in [9.17, 15) is 13.2 Å². The summed E-state index contributed by atoms with van der Waals surface area (Å²) in [7, 11) is -3.92. The predicted octanol–water partition coefficient (Wildman–Crippen LogP) is 4.37. The van der Waals surface area contributed by atoms with Crippen molar-refractivity contribution in [1.29, 1.82) is 0 Å². The van der Waals surface area contributed by atoms with Crippen molar-refractivity contribution in [3.05, 3.63) is 88.1 Å². The second-order valence-corrected chi connectivity index (χ2v) is 8.51. The van der Waals surface area contributed by atoms with E-state index >= 15 is 0 Å². The summed E-state index contributed by atoms with van der Waals surface area (Å²) in [4.78, 5) is 15.9. The van der Waals surface area contributed by atoms with Crippen molar-refractivity contribution in [1.82, 2.24) is 4.98 Å². The Bertz CT molecular complexity index is 953. The van der Waals surface area contributed by atoms with Crippen LogP contribution in [0.5, 0.6) is 0 Å². The van der Waals surface area contributed by atoms with Crippen molar-refractivity contribution < 1.29 is 17.6 Å². The van der Waals surface area contributed by atoms with Crippen molar-refractivity contribution in [2.45, 2.75) is 5.25 Å². The van der Waals surface area contributed by atoms with Crippen molar-refractivity contribution in [3.63, 3.8) is 0 Å². The van der Waals surface area contributed by atoms with Gasteiger partial charge in [-0.15, -0.1) is 0 Å². The van der Waals surface area contributed by atoms with Crippen molar-refractivity contribution >= 4 is 38.8 Å². The first-order valence-corrected chi connectivity index (χ1v) is 9.99. The number of nitrogens with zero attached hydrogens (tertiary/aromatic N) is 1. The Morgan fingerprint density at radius 1 is 0.962 bits per heavy atom. The van der Waals surface area contributed by atoms with Crippen LogP contribution in [0.15, 0.2) is 65.4 Å². The Morgan fingerprint density at radius 3 is 1.88 bits per heavy atom. The van der Waals surface area contributed by atoms with Gasteiger partial charge in [-0.05, 0) is 35.4 Å². The molecule has 3 rings (SSSR count). The van der Waals surface area contributed by atoms with Gasteiger partial charge in [0.05, 0.1) is 6.20 Å². The van der Waals surface area contributed by atoms with E-state index in [1.807, 2.05) is 0 Å². The highest BCUT2D eigenvalue weighted by Crippen LogP contribution is 2.32. The van der Waals surface area contributed by atoms with E-state index in [1.165, 1.54) is 12.5 Å². The number of aromatic nitrogens is 1. The van der Waals surface area contributed by atoms with Crippen LogP contribution < -0.4 is 0 Å². The van der Waals surface area contributed by atoms with Crippen molar-refractivity contribution in [2.75, 3.05) is 5.75 Å².